The molecule has 0 saturated carbocycles. The van der Waals surface area contributed by atoms with Gasteiger partial charge in [0.25, 0.3) is 0 Å². The van der Waals surface area contributed by atoms with E-state index in [0.717, 1.165) is 6.07 Å². The van der Waals surface area contributed by atoms with Crippen LogP contribution in [-0.2, 0) is 11.0 Å². The fourth-order valence-corrected chi connectivity index (χ4v) is 1.64. The molecule has 0 spiro atoms. The third-order valence-electron chi connectivity index (χ3n) is 2.52. The molecule has 0 saturated heterocycles. The standard InChI is InChI=1S/C12H14F3NO2/c1-8(16-7-6-11(17)18)9-4-2-3-5-10(9)12(13,14)15/h2-5,8,16H,6-7H2,1H3,(H,17,18). The van der Waals surface area contributed by atoms with Gasteiger partial charge in [0.15, 0.2) is 0 Å². The van der Waals surface area contributed by atoms with E-state index in [-0.39, 0.29) is 18.5 Å². The van der Waals surface area contributed by atoms with Gasteiger partial charge in [-0.05, 0) is 18.6 Å². The van der Waals surface area contributed by atoms with Crippen LogP contribution in [0.2, 0.25) is 0 Å². The topological polar surface area (TPSA) is 49.3 Å². The zero-order chi connectivity index (χ0) is 13.8. The molecule has 0 aliphatic carbocycles. The van der Waals surface area contributed by atoms with E-state index < -0.39 is 23.8 Å². The molecule has 0 aliphatic rings. The Hall–Kier alpha value is -1.56. The van der Waals surface area contributed by atoms with Gasteiger partial charge in [-0.15, -0.1) is 0 Å². The van der Waals surface area contributed by atoms with Crippen molar-refractivity contribution < 1.29 is 23.1 Å². The summed E-state index contributed by atoms with van der Waals surface area (Å²) in [6.45, 7) is 1.70. The maximum Gasteiger partial charge on any atom is 0.416 e. The molecule has 1 unspecified atom stereocenters. The lowest BCUT2D eigenvalue weighted by Crippen LogP contribution is -2.24. The molecule has 0 aromatic heterocycles. The molecule has 100 valence electrons. The van der Waals surface area contributed by atoms with Crippen LogP contribution in [0.3, 0.4) is 0 Å². The normalized spacial score (nSPS) is 13.3. The van der Waals surface area contributed by atoms with E-state index in [1.54, 1.807) is 6.92 Å². The van der Waals surface area contributed by atoms with Gasteiger partial charge in [-0.3, -0.25) is 4.79 Å². The highest BCUT2D eigenvalue weighted by Crippen LogP contribution is 2.34. The summed E-state index contributed by atoms with van der Waals surface area (Å²) in [6.07, 6.45) is -4.53. The maximum absolute atomic E-state index is 12.7. The molecule has 1 aromatic rings. The summed E-state index contributed by atoms with van der Waals surface area (Å²) in [5.74, 6) is -0.987. The van der Waals surface area contributed by atoms with E-state index in [0.29, 0.717) is 0 Å². The Morgan fingerprint density at radius 2 is 2.00 bits per heavy atom. The predicted molar refractivity (Wildman–Crippen MR) is 60.1 cm³/mol. The third-order valence-corrected chi connectivity index (χ3v) is 2.52. The first-order valence-corrected chi connectivity index (χ1v) is 5.43. The molecule has 2 N–H and O–H groups in total. The van der Waals surface area contributed by atoms with Gasteiger partial charge in [-0.1, -0.05) is 18.2 Å². The van der Waals surface area contributed by atoms with Crippen LogP contribution in [0.15, 0.2) is 24.3 Å². The Labute approximate surface area is 103 Å². The lowest BCUT2D eigenvalue weighted by Gasteiger charge is -2.19. The first-order valence-electron chi connectivity index (χ1n) is 5.43. The molecule has 3 nitrogen and oxygen atoms in total. The summed E-state index contributed by atoms with van der Waals surface area (Å²) in [5.41, 5.74) is -0.573. The molecule has 0 heterocycles. The van der Waals surface area contributed by atoms with E-state index in [4.69, 9.17) is 5.11 Å². The second kappa shape index (κ2) is 5.86. The number of nitrogens with one attached hydrogen (secondary N) is 1. The molecular formula is C12H14F3NO2. The number of alkyl halides is 3. The van der Waals surface area contributed by atoms with Gasteiger partial charge in [-0.25, -0.2) is 0 Å². The molecule has 0 fully saturated rings. The minimum absolute atomic E-state index is 0.121. The first-order chi connectivity index (χ1) is 8.32. The van der Waals surface area contributed by atoms with Gasteiger partial charge in [0, 0.05) is 12.6 Å². The van der Waals surface area contributed by atoms with Gasteiger partial charge in [0.2, 0.25) is 0 Å². The molecule has 1 aromatic carbocycles. The summed E-state index contributed by atoms with van der Waals surface area (Å²) in [7, 11) is 0. The smallest absolute Gasteiger partial charge is 0.416 e. The van der Waals surface area contributed by atoms with Crippen molar-refractivity contribution in [1.29, 1.82) is 0 Å². The van der Waals surface area contributed by atoms with E-state index in [9.17, 15) is 18.0 Å². The Bertz CT molecular complexity index is 418. The van der Waals surface area contributed by atoms with Crippen LogP contribution < -0.4 is 5.32 Å². The lowest BCUT2D eigenvalue weighted by molar-refractivity contribution is -0.139. The fourth-order valence-electron chi connectivity index (χ4n) is 1.64. The molecule has 0 aliphatic heterocycles. The van der Waals surface area contributed by atoms with Gasteiger partial charge in [0.1, 0.15) is 0 Å². The SMILES string of the molecule is CC(NCCC(=O)O)c1ccccc1C(F)(F)F. The van der Waals surface area contributed by atoms with Crippen molar-refractivity contribution in [3.8, 4) is 0 Å². The Morgan fingerprint density at radius 1 is 1.39 bits per heavy atom. The lowest BCUT2D eigenvalue weighted by atomic mass is 10.0. The predicted octanol–water partition coefficient (Wildman–Crippen LogP) is 2.83. The van der Waals surface area contributed by atoms with E-state index >= 15 is 0 Å². The third kappa shape index (κ3) is 4.03. The van der Waals surface area contributed by atoms with Crippen LogP contribution in [0.25, 0.3) is 0 Å². The van der Waals surface area contributed by atoms with Crippen LogP contribution in [0, 0.1) is 0 Å². The summed E-state index contributed by atoms with van der Waals surface area (Å²) < 4.78 is 38.2. The summed E-state index contributed by atoms with van der Waals surface area (Å²) >= 11 is 0. The second-order valence-corrected chi connectivity index (χ2v) is 3.90. The Balaban J connectivity index is 2.79. The molecule has 0 amide bonds. The molecule has 0 radical (unpaired) electrons. The van der Waals surface area contributed by atoms with Crippen LogP contribution in [-0.4, -0.2) is 17.6 Å². The highest BCUT2D eigenvalue weighted by Gasteiger charge is 2.33. The minimum Gasteiger partial charge on any atom is -0.481 e. The van der Waals surface area contributed by atoms with Crippen LogP contribution in [0.5, 0.6) is 0 Å². The first kappa shape index (κ1) is 14.5. The van der Waals surface area contributed by atoms with Gasteiger partial charge in [0.05, 0.1) is 12.0 Å². The summed E-state index contributed by atoms with van der Waals surface area (Å²) in [6, 6.07) is 4.71. The molecular weight excluding hydrogens is 247 g/mol. The highest BCUT2D eigenvalue weighted by molar-refractivity contribution is 5.66. The number of hydrogen-bond acceptors (Lipinski definition) is 2. The number of benzene rings is 1. The van der Waals surface area contributed by atoms with Crippen molar-refractivity contribution in [2.45, 2.75) is 25.6 Å². The molecule has 1 atom stereocenters. The molecule has 0 bridgehead atoms. The van der Waals surface area contributed by atoms with Crippen molar-refractivity contribution in [3.05, 3.63) is 35.4 Å². The molecule has 1 rings (SSSR count). The second-order valence-electron chi connectivity index (χ2n) is 3.90. The number of carboxylic acids is 1. The Morgan fingerprint density at radius 3 is 2.56 bits per heavy atom. The summed E-state index contributed by atoms with van der Waals surface area (Å²) in [5, 5.41) is 11.2. The largest absolute Gasteiger partial charge is 0.481 e. The van der Waals surface area contributed by atoms with Crippen LogP contribution >= 0.6 is 0 Å². The zero-order valence-corrected chi connectivity index (χ0v) is 9.79. The molecule has 6 heteroatoms. The number of rotatable bonds is 5. The maximum atomic E-state index is 12.7. The van der Waals surface area contributed by atoms with Crippen LogP contribution in [0.4, 0.5) is 13.2 Å². The van der Waals surface area contributed by atoms with Crippen molar-refractivity contribution in [3.63, 3.8) is 0 Å². The van der Waals surface area contributed by atoms with E-state index in [2.05, 4.69) is 5.32 Å². The number of aliphatic carboxylic acids is 1. The quantitative estimate of drug-likeness (QED) is 0.856. The van der Waals surface area contributed by atoms with E-state index in [1.165, 1.54) is 18.2 Å². The van der Waals surface area contributed by atoms with Crippen LogP contribution in [0.1, 0.15) is 30.5 Å². The number of hydrogen-bond donors (Lipinski definition) is 2. The van der Waals surface area contributed by atoms with Crippen molar-refractivity contribution in [2.24, 2.45) is 0 Å². The van der Waals surface area contributed by atoms with Gasteiger partial charge in [-0.2, -0.15) is 13.2 Å². The van der Waals surface area contributed by atoms with E-state index in [1.807, 2.05) is 0 Å². The monoisotopic (exact) mass is 261 g/mol. The highest BCUT2D eigenvalue weighted by atomic mass is 19.4. The average molecular weight is 261 g/mol. The zero-order valence-electron chi connectivity index (χ0n) is 9.79. The number of carboxylic acid groups (broad SMARTS) is 1. The van der Waals surface area contributed by atoms with Crippen molar-refractivity contribution in [2.75, 3.05) is 6.54 Å². The number of carbonyl (C=O) groups is 1. The van der Waals surface area contributed by atoms with Crippen molar-refractivity contribution in [1.82, 2.24) is 5.32 Å². The average Bonchev–Trinajstić information content (AvgIpc) is 2.27. The van der Waals surface area contributed by atoms with Gasteiger partial charge < -0.3 is 10.4 Å². The van der Waals surface area contributed by atoms with Crippen molar-refractivity contribution >= 4 is 5.97 Å². The summed E-state index contributed by atoms with van der Waals surface area (Å²) in [4.78, 5) is 10.3. The Kier molecular flexibility index (Phi) is 4.72. The van der Waals surface area contributed by atoms with Gasteiger partial charge >= 0.3 is 12.1 Å². The molecule has 18 heavy (non-hydrogen) atoms. The number of halogens is 3. The fraction of sp³-hybridized carbons (Fsp3) is 0.417. The minimum atomic E-state index is -4.40.